The number of hydrogen-bond donors (Lipinski definition) is 1. The zero-order chi connectivity index (χ0) is 19.0. The van der Waals surface area contributed by atoms with Crippen LogP contribution < -0.4 is 5.73 Å². The molecular weight excluding hydrogens is 375 g/mol. The van der Waals surface area contributed by atoms with Crippen molar-refractivity contribution in [2.75, 3.05) is 19.0 Å². The highest BCUT2D eigenvalue weighted by Crippen LogP contribution is 2.47. The number of alkyl halides is 1. The fraction of sp³-hybridized carbons (Fsp3) is 0.368. The summed E-state index contributed by atoms with van der Waals surface area (Å²) in [6, 6.07) is 7.57. The standard InChI is InChI=1S/C19H18F3N3OS/c20-8-13-7-12-9-27-18(23)25-19(12,10-26-13)15-6-11(3-4-16(15)21)14-2-1-5-24-17(14)22/h1-6,12-13H,7-10H2,(H2,23,25)/t12-,13+,19-/m0/s1. The normalized spacial score (nSPS) is 27.7. The van der Waals surface area contributed by atoms with Crippen LogP contribution in [0, 0.1) is 17.7 Å². The predicted octanol–water partition coefficient (Wildman–Crippen LogP) is 3.66. The fourth-order valence-corrected chi connectivity index (χ4v) is 4.79. The van der Waals surface area contributed by atoms with E-state index in [0.717, 1.165) is 0 Å². The SMILES string of the molecule is NC1=N[C@@]2(c3cc(-c4cccnc4F)ccc3F)CO[C@@H](CF)C[C@H]2CS1. The van der Waals surface area contributed by atoms with Crippen LogP contribution in [0.15, 0.2) is 41.5 Å². The van der Waals surface area contributed by atoms with Gasteiger partial charge in [0.15, 0.2) is 5.17 Å². The molecule has 1 aromatic carbocycles. The van der Waals surface area contributed by atoms with E-state index in [1.165, 1.54) is 30.1 Å². The van der Waals surface area contributed by atoms with E-state index in [2.05, 4.69) is 9.98 Å². The number of amidine groups is 1. The first-order valence-corrected chi connectivity index (χ1v) is 9.58. The summed E-state index contributed by atoms with van der Waals surface area (Å²) in [4.78, 5) is 8.21. The minimum Gasteiger partial charge on any atom is -0.379 e. The van der Waals surface area contributed by atoms with E-state index in [1.807, 2.05) is 0 Å². The van der Waals surface area contributed by atoms with Crippen LogP contribution in [0.5, 0.6) is 0 Å². The Hall–Kier alpha value is -2.06. The largest absolute Gasteiger partial charge is 0.379 e. The van der Waals surface area contributed by atoms with Crippen molar-refractivity contribution in [3.05, 3.63) is 53.9 Å². The Labute approximate surface area is 159 Å². The number of hydrogen-bond acceptors (Lipinski definition) is 5. The van der Waals surface area contributed by atoms with Crippen LogP contribution in [0.2, 0.25) is 0 Å². The van der Waals surface area contributed by atoms with Gasteiger partial charge in [0.2, 0.25) is 5.95 Å². The smallest absolute Gasteiger partial charge is 0.220 e. The monoisotopic (exact) mass is 393 g/mol. The molecule has 1 aromatic heterocycles. The van der Waals surface area contributed by atoms with Crippen LogP contribution >= 0.6 is 11.8 Å². The molecule has 1 saturated heterocycles. The van der Waals surface area contributed by atoms with E-state index in [9.17, 15) is 13.2 Å². The van der Waals surface area contributed by atoms with E-state index < -0.39 is 30.1 Å². The molecule has 0 radical (unpaired) electrons. The van der Waals surface area contributed by atoms with Crippen molar-refractivity contribution >= 4 is 16.9 Å². The minimum absolute atomic E-state index is 0.0312. The zero-order valence-electron chi connectivity index (χ0n) is 14.4. The molecule has 0 spiro atoms. The maximum absolute atomic E-state index is 14.9. The van der Waals surface area contributed by atoms with Crippen molar-refractivity contribution in [2.24, 2.45) is 16.6 Å². The Morgan fingerprint density at radius 1 is 1.30 bits per heavy atom. The van der Waals surface area contributed by atoms with Gasteiger partial charge in [0.05, 0.1) is 12.7 Å². The molecule has 4 nitrogen and oxygen atoms in total. The van der Waals surface area contributed by atoms with Gasteiger partial charge in [0, 0.05) is 29.0 Å². The lowest BCUT2D eigenvalue weighted by molar-refractivity contribution is -0.0652. The number of pyridine rings is 1. The lowest BCUT2D eigenvalue weighted by Crippen LogP contribution is -2.50. The molecule has 142 valence electrons. The Morgan fingerprint density at radius 2 is 2.15 bits per heavy atom. The van der Waals surface area contributed by atoms with Crippen molar-refractivity contribution in [3.63, 3.8) is 0 Å². The summed E-state index contributed by atoms with van der Waals surface area (Å²) in [6.45, 7) is -0.566. The maximum atomic E-state index is 14.9. The van der Waals surface area contributed by atoms with Gasteiger partial charge in [0.1, 0.15) is 18.0 Å². The lowest BCUT2D eigenvalue weighted by Gasteiger charge is -2.46. The van der Waals surface area contributed by atoms with Crippen LogP contribution in [0.3, 0.4) is 0 Å². The van der Waals surface area contributed by atoms with E-state index in [4.69, 9.17) is 10.5 Å². The van der Waals surface area contributed by atoms with Crippen molar-refractivity contribution in [2.45, 2.75) is 18.1 Å². The van der Waals surface area contributed by atoms with E-state index >= 15 is 0 Å². The van der Waals surface area contributed by atoms with Crippen molar-refractivity contribution in [1.82, 2.24) is 4.98 Å². The lowest BCUT2D eigenvalue weighted by atomic mass is 9.74. The van der Waals surface area contributed by atoms with Gasteiger partial charge in [-0.3, -0.25) is 0 Å². The van der Waals surface area contributed by atoms with Gasteiger partial charge >= 0.3 is 0 Å². The molecule has 0 saturated carbocycles. The highest BCUT2D eigenvalue weighted by Gasteiger charge is 2.49. The molecule has 2 aromatic rings. The predicted molar refractivity (Wildman–Crippen MR) is 99.2 cm³/mol. The highest BCUT2D eigenvalue weighted by molar-refractivity contribution is 8.13. The summed E-state index contributed by atoms with van der Waals surface area (Å²) >= 11 is 1.38. The molecular formula is C19H18F3N3OS. The second kappa shape index (κ2) is 7.16. The van der Waals surface area contributed by atoms with Gasteiger partial charge < -0.3 is 10.5 Å². The van der Waals surface area contributed by atoms with Crippen LogP contribution in [-0.2, 0) is 10.3 Å². The number of nitrogens with zero attached hydrogens (tertiary/aromatic N) is 2. The van der Waals surface area contributed by atoms with Crippen molar-refractivity contribution < 1.29 is 17.9 Å². The molecule has 2 N–H and O–H groups in total. The van der Waals surface area contributed by atoms with Crippen LogP contribution in [-0.4, -0.2) is 35.3 Å². The fourth-order valence-electron chi connectivity index (χ4n) is 3.78. The maximum Gasteiger partial charge on any atom is 0.220 e. The summed E-state index contributed by atoms with van der Waals surface area (Å²) in [6.07, 6.45) is 1.25. The first kappa shape index (κ1) is 18.3. The Kier molecular flexibility index (Phi) is 4.86. The number of aromatic nitrogens is 1. The van der Waals surface area contributed by atoms with E-state index in [-0.39, 0.29) is 23.7 Å². The molecule has 4 rings (SSSR count). The summed E-state index contributed by atoms with van der Waals surface area (Å²) in [5, 5.41) is 0.339. The van der Waals surface area contributed by atoms with Gasteiger partial charge in [0.25, 0.3) is 0 Å². The highest BCUT2D eigenvalue weighted by atomic mass is 32.2. The molecule has 0 unspecified atom stereocenters. The van der Waals surface area contributed by atoms with E-state index in [0.29, 0.717) is 22.9 Å². The zero-order valence-corrected chi connectivity index (χ0v) is 15.2. The summed E-state index contributed by atoms with van der Waals surface area (Å²) in [5.74, 6) is -0.643. The Bertz CT molecular complexity index is 894. The molecule has 1 fully saturated rings. The molecule has 2 aliphatic heterocycles. The summed E-state index contributed by atoms with van der Waals surface area (Å²) in [5.41, 5.74) is 5.95. The minimum atomic E-state index is -1.04. The Balaban J connectivity index is 1.84. The van der Waals surface area contributed by atoms with Crippen LogP contribution in [0.4, 0.5) is 13.2 Å². The molecule has 0 aliphatic carbocycles. The summed E-state index contributed by atoms with van der Waals surface area (Å²) < 4.78 is 47.8. The van der Waals surface area contributed by atoms with Gasteiger partial charge in [-0.25, -0.2) is 18.8 Å². The van der Waals surface area contributed by atoms with Crippen LogP contribution in [0.25, 0.3) is 11.1 Å². The van der Waals surface area contributed by atoms with Gasteiger partial charge in [-0.05, 0) is 36.2 Å². The average Bonchev–Trinajstić information content (AvgIpc) is 2.68. The quantitative estimate of drug-likeness (QED) is 0.809. The number of aliphatic imine (C=N–C) groups is 1. The number of benzene rings is 1. The Morgan fingerprint density at radius 3 is 2.93 bits per heavy atom. The van der Waals surface area contributed by atoms with Crippen molar-refractivity contribution in [3.8, 4) is 11.1 Å². The third-order valence-corrected chi connectivity index (χ3v) is 6.14. The number of ether oxygens (including phenoxy) is 1. The average molecular weight is 393 g/mol. The molecule has 2 aliphatic rings. The number of fused-ring (bicyclic) bond motifs is 1. The van der Waals surface area contributed by atoms with Crippen molar-refractivity contribution in [1.29, 1.82) is 0 Å². The molecule has 3 heterocycles. The second-order valence-corrected chi connectivity index (χ2v) is 7.78. The number of halogens is 3. The molecule has 27 heavy (non-hydrogen) atoms. The second-order valence-electron chi connectivity index (χ2n) is 6.74. The summed E-state index contributed by atoms with van der Waals surface area (Å²) in [7, 11) is 0. The third-order valence-electron chi connectivity index (χ3n) is 5.18. The van der Waals surface area contributed by atoms with Crippen LogP contribution in [0.1, 0.15) is 12.0 Å². The number of nitrogens with two attached hydrogens (primary N) is 1. The van der Waals surface area contributed by atoms with Gasteiger partial charge in [-0.2, -0.15) is 4.39 Å². The van der Waals surface area contributed by atoms with E-state index in [1.54, 1.807) is 18.2 Å². The topological polar surface area (TPSA) is 60.5 Å². The molecule has 0 bridgehead atoms. The molecule has 8 heteroatoms. The first-order valence-electron chi connectivity index (χ1n) is 8.60. The number of rotatable bonds is 3. The van der Waals surface area contributed by atoms with Gasteiger partial charge in [-0.15, -0.1) is 0 Å². The molecule has 0 amide bonds. The number of thioether (sulfide) groups is 1. The first-order chi connectivity index (χ1) is 13.0. The molecule has 3 atom stereocenters. The van der Waals surface area contributed by atoms with Gasteiger partial charge in [-0.1, -0.05) is 17.8 Å². The third kappa shape index (κ3) is 3.21.